The highest BCUT2D eigenvalue weighted by atomic mass is 19.4. The topological polar surface area (TPSA) is 90.7 Å². The van der Waals surface area contributed by atoms with Crippen molar-refractivity contribution >= 4 is 12.0 Å². The third-order valence-corrected chi connectivity index (χ3v) is 3.77. The molecule has 0 aromatic heterocycles. The zero-order chi connectivity index (χ0) is 22.5. The number of rotatable bonds is 6. The van der Waals surface area contributed by atoms with Crippen LogP contribution in [0, 0.1) is 0 Å². The van der Waals surface area contributed by atoms with Crippen molar-refractivity contribution in [2.45, 2.75) is 32.5 Å². The Morgan fingerprint density at radius 1 is 1.07 bits per heavy atom. The summed E-state index contributed by atoms with van der Waals surface area (Å²) in [6.45, 7) is 5.25. The van der Waals surface area contributed by atoms with Gasteiger partial charge in [0.1, 0.15) is 18.0 Å². The number of primary amides is 1. The van der Waals surface area contributed by atoms with Crippen LogP contribution in [0.15, 0.2) is 42.5 Å². The second-order valence-electron chi connectivity index (χ2n) is 7.43. The molecule has 0 radical (unpaired) electrons. The van der Waals surface area contributed by atoms with E-state index in [4.69, 9.17) is 15.2 Å². The summed E-state index contributed by atoms with van der Waals surface area (Å²) in [5.41, 5.74) is 3.85. The molecule has 2 aromatic carbocycles. The van der Waals surface area contributed by atoms with Gasteiger partial charge in [-0.25, -0.2) is 4.79 Å². The minimum Gasteiger partial charge on any atom is -0.492 e. The van der Waals surface area contributed by atoms with E-state index in [1.165, 1.54) is 36.4 Å². The van der Waals surface area contributed by atoms with Crippen LogP contribution in [0.3, 0.4) is 0 Å². The Balaban J connectivity index is 2.20. The zero-order valence-corrected chi connectivity index (χ0v) is 16.8. The monoisotopic (exact) mass is 424 g/mol. The molecule has 6 nitrogen and oxygen atoms in total. The molecular weight excluding hydrogens is 401 g/mol. The fraction of sp³-hybridized carbons (Fsp3) is 0.333. The number of nitrogens with two attached hydrogens (primary N) is 1. The van der Waals surface area contributed by atoms with E-state index in [0.29, 0.717) is 0 Å². The molecule has 2 amide bonds. The van der Waals surface area contributed by atoms with Crippen LogP contribution in [-0.4, -0.2) is 30.8 Å². The lowest BCUT2D eigenvalue weighted by Crippen LogP contribution is -2.34. The van der Waals surface area contributed by atoms with Gasteiger partial charge in [-0.1, -0.05) is 18.2 Å². The van der Waals surface area contributed by atoms with Crippen LogP contribution < -0.4 is 15.8 Å². The van der Waals surface area contributed by atoms with E-state index in [0.717, 1.165) is 6.07 Å². The minimum absolute atomic E-state index is 0.000390. The summed E-state index contributed by atoms with van der Waals surface area (Å²) in [5.74, 6) is -0.665. The molecule has 0 bridgehead atoms. The maximum Gasteiger partial charge on any atom is 0.417 e. The Morgan fingerprint density at radius 3 is 2.33 bits per heavy atom. The molecule has 0 spiro atoms. The molecule has 0 heterocycles. The number of alkyl halides is 3. The normalized spacial score (nSPS) is 11.7. The zero-order valence-electron chi connectivity index (χ0n) is 16.8. The molecule has 30 heavy (non-hydrogen) atoms. The summed E-state index contributed by atoms with van der Waals surface area (Å²) in [5, 5.41) is 2.50. The van der Waals surface area contributed by atoms with E-state index < -0.39 is 29.3 Å². The molecular formula is C21H23F3N2O4. The van der Waals surface area contributed by atoms with Gasteiger partial charge in [-0.2, -0.15) is 13.2 Å². The number of carbonyl (C=O) groups is 2. The molecule has 2 aromatic rings. The molecule has 2 rings (SSSR count). The van der Waals surface area contributed by atoms with E-state index in [9.17, 15) is 22.8 Å². The molecule has 0 unspecified atom stereocenters. The Hall–Kier alpha value is -3.23. The van der Waals surface area contributed by atoms with Gasteiger partial charge in [0, 0.05) is 5.56 Å². The number of benzene rings is 2. The van der Waals surface area contributed by atoms with E-state index in [2.05, 4.69) is 5.32 Å². The van der Waals surface area contributed by atoms with Crippen molar-refractivity contribution in [3.63, 3.8) is 0 Å². The molecule has 0 fully saturated rings. The van der Waals surface area contributed by atoms with Gasteiger partial charge in [0.05, 0.1) is 12.1 Å². The standard InChI is InChI=1S/C21H23F3N2O4/c1-20(2,3)30-19(28)26-8-9-29-15-11-13(10-14(12-15)18(25)27)16-6-4-5-7-17(16)21(22,23)24/h4-7,10-12H,8-9H2,1-3H3,(H2,25,27)(H,26,28). The number of hydrogen-bond acceptors (Lipinski definition) is 4. The Labute approximate surface area is 172 Å². The summed E-state index contributed by atoms with van der Waals surface area (Å²) in [4.78, 5) is 23.3. The fourth-order valence-electron chi connectivity index (χ4n) is 2.60. The van der Waals surface area contributed by atoms with E-state index in [1.54, 1.807) is 20.8 Å². The number of hydrogen-bond donors (Lipinski definition) is 2. The summed E-state index contributed by atoms with van der Waals surface area (Å²) in [7, 11) is 0. The van der Waals surface area contributed by atoms with E-state index in [1.807, 2.05) is 0 Å². The number of halogens is 3. The fourth-order valence-corrected chi connectivity index (χ4v) is 2.60. The number of ether oxygens (including phenoxy) is 2. The van der Waals surface area contributed by atoms with Gasteiger partial charge in [0.2, 0.25) is 5.91 Å². The van der Waals surface area contributed by atoms with Gasteiger partial charge in [-0.15, -0.1) is 0 Å². The summed E-state index contributed by atoms with van der Waals surface area (Å²) in [6.07, 6.45) is -5.20. The number of carbonyl (C=O) groups excluding carboxylic acids is 2. The maximum atomic E-state index is 13.4. The molecule has 0 atom stereocenters. The highest BCUT2D eigenvalue weighted by Crippen LogP contribution is 2.38. The van der Waals surface area contributed by atoms with Gasteiger partial charge in [-0.05, 0) is 56.2 Å². The van der Waals surface area contributed by atoms with Gasteiger partial charge < -0.3 is 20.5 Å². The van der Waals surface area contributed by atoms with Crippen LogP contribution in [0.4, 0.5) is 18.0 Å². The average Bonchev–Trinajstić information content (AvgIpc) is 2.63. The van der Waals surface area contributed by atoms with Gasteiger partial charge in [0.15, 0.2) is 0 Å². The van der Waals surface area contributed by atoms with Crippen molar-refractivity contribution in [2.75, 3.05) is 13.2 Å². The molecule has 162 valence electrons. The van der Waals surface area contributed by atoms with Crippen LogP contribution in [-0.2, 0) is 10.9 Å². The number of alkyl carbamates (subject to hydrolysis) is 1. The van der Waals surface area contributed by atoms with Crippen molar-refractivity contribution in [3.8, 4) is 16.9 Å². The summed E-state index contributed by atoms with van der Waals surface area (Å²) in [6, 6.07) is 8.99. The highest BCUT2D eigenvalue weighted by Gasteiger charge is 2.33. The first-order valence-corrected chi connectivity index (χ1v) is 9.08. The van der Waals surface area contributed by atoms with Crippen LogP contribution in [0.25, 0.3) is 11.1 Å². The highest BCUT2D eigenvalue weighted by molar-refractivity contribution is 5.95. The Kier molecular flexibility index (Phi) is 6.96. The lowest BCUT2D eigenvalue weighted by atomic mass is 9.97. The molecule has 0 saturated carbocycles. The van der Waals surface area contributed by atoms with Crippen molar-refractivity contribution in [1.29, 1.82) is 0 Å². The molecule has 0 aliphatic carbocycles. The summed E-state index contributed by atoms with van der Waals surface area (Å²) < 4.78 is 50.7. The first-order chi connectivity index (χ1) is 13.9. The molecule has 9 heteroatoms. The second kappa shape index (κ2) is 9.06. The Morgan fingerprint density at radius 2 is 1.73 bits per heavy atom. The van der Waals surface area contributed by atoms with Crippen molar-refractivity contribution in [3.05, 3.63) is 53.6 Å². The summed E-state index contributed by atoms with van der Waals surface area (Å²) >= 11 is 0. The predicted molar refractivity (Wildman–Crippen MR) is 105 cm³/mol. The SMILES string of the molecule is CC(C)(C)OC(=O)NCCOc1cc(C(N)=O)cc(-c2ccccc2C(F)(F)F)c1. The van der Waals surface area contributed by atoms with Crippen LogP contribution >= 0.6 is 0 Å². The molecule has 0 saturated heterocycles. The van der Waals surface area contributed by atoms with Gasteiger partial charge >= 0.3 is 12.3 Å². The third-order valence-electron chi connectivity index (χ3n) is 3.77. The maximum absolute atomic E-state index is 13.4. The van der Waals surface area contributed by atoms with E-state index in [-0.39, 0.29) is 35.6 Å². The van der Waals surface area contributed by atoms with Crippen molar-refractivity contribution in [2.24, 2.45) is 5.73 Å². The Bertz CT molecular complexity index is 921. The minimum atomic E-state index is -4.57. The lowest BCUT2D eigenvalue weighted by molar-refractivity contribution is -0.137. The molecule has 0 aliphatic rings. The van der Waals surface area contributed by atoms with Crippen LogP contribution in [0.5, 0.6) is 5.75 Å². The number of amides is 2. The quantitative estimate of drug-likeness (QED) is 0.674. The lowest BCUT2D eigenvalue weighted by Gasteiger charge is -2.19. The number of nitrogens with one attached hydrogen (secondary N) is 1. The smallest absolute Gasteiger partial charge is 0.417 e. The van der Waals surface area contributed by atoms with Crippen molar-refractivity contribution < 1.29 is 32.2 Å². The van der Waals surface area contributed by atoms with Crippen molar-refractivity contribution in [1.82, 2.24) is 5.32 Å². The van der Waals surface area contributed by atoms with Gasteiger partial charge in [0.25, 0.3) is 0 Å². The molecule has 0 aliphatic heterocycles. The molecule has 3 N–H and O–H groups in total. The second-order valence-corrected chi connectivity index (χ2v) is 7.43. The average molecular weight is 424 g/mol. The van der Waals surface area contributed by atoms with E-state index >= 15 is 0 Å². The first kappa shape index (κ1) is 23.1. The predicted octanol–water partition coefficient (Wildman–Crippen LogP) is 4.37. The third kappa shape index (κ3) is 6.68. The van der Waals surface area contributed by atoms with Crippen LogP contribution in [0.2, 0.25) is 0 Å². The first-order valence-electron chi connectivity index (χ1n) is 9.08. The largest absolute Gasteiger partial charge is 0.492 e. The van der Waals surface area contributed by atoms with Crippen LogP contribution in [0.1, 0.15) is 36.7 Å². The van der Waals surface area contributed by atoms with Gasteiger partial charge in [-0.3, -0.25) is 4.79 Å².